The van der Waals surface area contributed by atoms with Gasteiger partial charge in [-0.05, 0) is 24.9 Å². The van der Waals surface area contributed by atoms with Gasteiger partial charge in [0.15, 0.2) is 0 Å². The smallest absolute Gasteiger partial charge is 0.0896 e. The first-order valence-corrected chi connectivity index (χ1v) is 6.31. The van der Waals surface area contributed by atoms with Gasteiger partial charge in [0.05, 0.1) is 17.7 Å². The van der Waals surface area contributed by atoms with Gasteiger partial charge in [-0.25, -0.2) is 0 Å². The number of ether oxygens (including phenoxy) is 1. The topological polar surface area (TPSA) is 21.3 Å². The second-order valence-electron chi connectivity index (χ2n) is 3.83. The number of halogens is 1. The van der Waals surface area contributed by atoms with Crippen LogP contribution in [-0.4, -0.2) is 17.6 Å². The van der Waals surface area contributed by atoms with Crippen LogP contribution < -0.4 is 5.32 Å². The Hall–Kier alpha value is -0.380. The SMILES string of the molecule is BrC1NCCCC1OCc1ccccc1. The van der Waals surface area contributed by atoms with Crippen LogP contribution >= 0.6 is 15.9 Å². The Morgan fingerprint density at radius 2 is 2.13 bits per heavy atom. The Bertz CT molecular complexity index is 291. The number of piperidine rings is 1. The average Bonchev–Trinajstić information content (AvgIpc) is 2.29. The highest BCUT2D eigenvalue weighted by Gasteiger charge is 2.22. The molecule has 2 atom stereocenters. The van der Waals surface area contributed by atoms with Gasteiger partial charge in [-0.2, -0.15) is 0 Å². The molecule has 1 N–H and O–H groups in total. The molecule has 0 saturated carbocycles. The molecule has 1 aromatic carbocycles. The molecule has 2 nitrogen and oxygen atoms in total. The average molecular weight is 270 g/mol. The number of nitrogens with one attached hydrogen (secondary N) is 1. The van der Waals surface area contributed by atoms with Gasteiger partial charge in [0, 0.05) is 0 Å². The van der Waals surface area contributed by atoms with Crippen molar-refractivity contribution in [2.45, 2.75) is 30.5 Å². The van der Waals surface area contributed by atoms with Gasteiger partial charge in [0.2, 0.25) is 0 Å². The lowest BCUT2D eigenvalue weighted by Crippen LogP contribution is -2.41. The Kier molecular flexibility index (Phi) is 4.18. The summed E-state index contributed by atoms with van der Waals surface area (Å²) in [6, 6.07) is 10.3. The Balaban J connectivity index is 1.82. The van der Waals surface area contributed by atoms with E-state index in [1.807, 2.05) is 18.2 Å². The predicted octanol–water partition coefficient (Wildman–Crippen LogP) is 2.68. The van der Waals surface area contributed by atoms with Crippen molar-refractivity contribution in [1.29, 1.82) is 0 Å². The minimum atomic E-state index is 0.291. The summed E-state index contributed by atoms with van der Waals surface area (Å²) in [5.41, 5.74) is 1.24. The summed E-state index contributed by atoms with van der Waals surface area (Å²) in [6.07, 6.45) is 2.62. The Morgan fingerprint density at radius 1 is 1.33 bits per heavy atom. The Labute approximate surface area is 99.1 Å². The van der Waals surface area contributed by atoms with E-state index in [0.717, 1.165) is 13.0 Å². The van der Waals surface area contributed by atoms with Crippen LogP contribution in [0.5, 0.6) is 0 Å². The number of alkyl halides is 1. The maximum Gasteiger partial charge on any atom is 0.0896 e. The summed E-state index contributed by atoms with van der Waals surface area (Å²) in [4.78, 5) is 0.301. The van der Waals surface area contributed by atoms with Crippen LogP contribution in [-0.2, 0) is 11.3 Å². The van der Waals surface area contributed by atoms with Crippen molar-refractivity contribution in [2.24, 2.45) is 0 Å². The molecule has 15 heavy (non-hydrogen) atoms. The molecule has 0 aromatic heterocycles. The molecule has 1 saturated heterocycles. The summed E-state index contributed by atoms with van der Waals surface area (Å²) >= 11 is 3.59. The number of hydrogen-bond donors (Lipinski definition) is 1. The van der Waals surface area contributed by atoms with E-state index in [9.17, 15) is 0 Å². The van der Waals surface area contributed by atoms with Gasteiger partial charge in [-0.15, -0.1) is 0 Å². The number of hydrogen-bond acceptors (Lipinski definition) is 2. The molecule has 2 rings (SSSR count). The van der Waals surface area contributed by atoms with Crippen molar-refractivity contribution in [3.63, 3.8) is 0 Å². The van der Waals surface area contributed by atoms with Gasteiger partial charge < -0.3 is 10.1 Å². The fourth-order valence-corrected chi connectivity index (χ4v) is 2.41. The highest BCUT2D eigenvalue weighted by Crippen LogP contribution is 2.18. The quantitative estimate of drug-likeness (QED) is 0.673. The number of rotatable bonds is 3. The van der Waals surface area contributed by atoms with Crippen molar-refractivity contribution in [2.75, 3.05) is 6.54 Å². The van der Waals surface area contributed by atoms with E-state index in [2.05, 4.69) is 33.4 Å². The molecule has 0 amide bonds. The van der Waals surface area contributed by atoms with Gasteiger partial charge >= 0.3 is 0 Å². The zero-order chi connectivity index (χ0) is 10.5. The van der Waals surface area contributed by atoms with E-state index >= 15 is 0 Å². The van der Waals surface area contributed by atoms with Crippen LogP contribution in [0, 0.1) is 0 Å². The van der Waals surface area contributed by atoms with Crippen LogP contribution in [0.4, 0.5) is 0 Å². The molecular weight excluding hydrogens is 254 g/mol. The normalized spacial score (nSPS) is 26.5. The molecule has 2 unspecified atom stereocenters. The molecule has 1 fully saturated rings. The highest BCUT2D eigenvalue weighted by molar-refractivity contribution is 9.09. The molecule has 1 aliphatic rings. The van der Waals surface area contributed by atoms with Crippen LogP contribution in [0.3, 0.4) is 0 Å². The molecule has 1 heterocycles. The molecule has 1 aliphatic heterocycles. The fraction of sp³-hybridized carbons (Fsp3) is 0.500. The van der Waals surface area contributed by atoms with Crippen molar-refractivity contribution in [1.82, 2.24) is 5.32 Å². The molecule has 82 valence electrons. The van der Waals surface area contributed by atoms with Crippen LogP contribution in [0.2, 0.25) is 0 Å². The summed E-state index contributed by atoms with van der Waals surface area (Å²) in [7, 11) is 0. The minimum absolute atomic E-state index is 0.291. The van der Waals surface area contributed by atoms with Gasteiger partial charge in [0.1, 0.15) is 0 Å². The van der Waals surface area contributed by atoms with E-state index in [1.54, 1.807) is 0 Å². The monoisotopic (exact) mass is 269 g/mol. The fourth-order valence-electron chi connectivity index (χ4n) is 1.77. The summed E-state index contributed by atoms with van der Waals surface area (Å²) in [6.45, 7) is 1.79. The third kappa shape index (κ3) is 3.30. The molecule has 1 aromatic rings. The predicted molar refractivity (Wildman–Crippen MR) is 65.0 cm³/mol. The van der Waals surface area contributed by atoms with Crippen LogP contribution in [0.1, 0.15) is 18.4 Å². The Morgan fingerprint density at radius 3 is 2.87 bits per heavy atom. The van der Waals surface area contributed by atoms with E-state index in [-0.39, 0.29) is 0 Å². The largest absolute Gasteiger partial charge is 0.371 e. The van der Waals surface area contributed by atoms with Crippen LogP contribution in [0.25, 0.3) is 0 Å². The zero-order valence-electron chi connectivity index (χ0n) is 8.66. The van der Waals surface area contributed by atoms with Gasteiger partial charge in [0.25, 0.3) is 0 Å². The molecule has 0 spiro atoms. The third-order valence-corrected chi connectivity index (χ3v) is 3.55. The van der Waals surface area contributed by atoms with E-state index < -0.39 is 0 Å². The zero-order valence-corrected chi connectivity index (χ0v) is 10.2. The van der Waals surface area contributed by atoms with Crippen molar-refractivity contribution < 1.29 is 4.74 Å². The lowest BCUT2D eigenvalue weighted by molar-refractivity contribution is 0.0188. The molecule has 0 bridgehead atoms. The lowest BCUT2D eigenvalue weighted by atomic mass is 10.1. The van der Waals surface area contributed by atoms with Gasteiger partial charge in [-0.1, -0.05) is 46.3 Å². The molecular formula is C12H16BrNO. The molecule has 0 aliphatic carbocycles. The first-order valence-electron chi connectivity index (χ1n) is 5.39. The second kappa shape index (κ2) is 5.64. The lowest BCUT2D eigenvalue weighted by Gasteiger charge is -2.28. The van der Waals surface area contributed by atoms with E-state index in [1.165, 1.54) is 12.0 Å². The van der Waals surface area contributed by atoms with Crippen LogP contribution in [0.15, 0.2) is 30.3 Å². The minimum Gasteiger partial charge on any atom is -0.371 e. The highest BCUT2D eigenvalue weighted by atomic mass is 79.9. The maximum atomic E-state index is 5.87. The summed E-state index contributed by atoms with van der Waals surface area (Å²) in [5, 5.41) is 3.36. The van der Waals surface area contributed by atoms with E-state index in [0.29, 0.717) is 17.7 Å². The maximum absolute atomic E-state index is 5.87. The third-order valence-electron chi connectivity index (χ3n) is 2.64. The van der Waals surface area contributed by atoms with Crippen molar-refractivity contribution >= 4 is 15.9 Å². The standard InChI is InChI=1S/C12H16BrNO/c13-12-11(7-4-8-14-12)15-9-10-5-2-1-3-6-10/h1-3,5-6,11-12,14H,4,7-9H2. The number of benzene rings is 1. The van der Waals surface area contributed by atoms with Crippen molar-refractivity contribution in [3.05, 3.63) is 35.9 Å². The molecule has 3 heteroatoms. The summed E-state index contributed by atoms with van der Waals surface area (Å²) < 4.78 is 5.87. The molecule has 0 radical (unpaired) electrons. The van der Waals surface area contributed by atoms with Gasteiger partial charge in [-0.3, -0.25) is 0 Å². The first-order chi connectivity index (χ1) is 7.36. The second-order valence-corrected chi connectivity index (χ2v) is 4.82. The summed E-state index contributed by atoms with van der Waals surface area (Å²) in [5.74, 6) is 0. The van der Waals surface area contributed by atoms with E-state index in [4.69, 9.17) is 4.74 Å². The first kappa shape index (κ1) is 11.1. The van der Waals surface area contributed by atoms with Crippen molar-refractivity contribution in [3.8, 4) is 0 Å².